The number of aromatic nitrogens is 3. The monoisotopic (exact) mass is 323 g/mol. The summed E-state index contributed by atoms with van der Waals surface area (Å²) in [6.07, 6.45) is 4.24. The third-order valence-electron chi connectivity index (χ3n) is 3.81. The normalized spacial score (nSPS) is 11.2. The van der Waals surface area contributed by atoms with Gasteiger partial charge in [0.25, 0.3) is 0 Å². The van der Waals surface area contributed by atoms with Crippen LogP contribution in [0.2, 0.25) is 5.02 Å². The van der Waals surface area contributed by atoms with Crippen molar-refractivity contribution in [3.8, 4) is 22.6 Å². The van der Waals surface area contributed by atoms with Gasteiger partial charge in [-0.3, -0.25) is 0 Å². The van der Waals surface area contributed by atoms with Crippen LogP contribution in [-0.4, -0.2) is 14.6 Å². The Morgan fingerprint density at radius 1 is 1.17 bits per heavy atom. The van der Waals surface area contributed by atoms with Gasteiger partial charge in [-0.15, -0.1) is 0 Å². The highest BCUT2D eigenvalue weighted by molar-refractivity contribution is 6.30. The standard InChI is InChI=1S/C18H14ClN3O/c1-2-14-17(12-5-3-6-13(19)11-12)18-20-9-8-15(22(18)21-14)16-7-4-10-23-16/h3-11H,2H2,1H3. The van der Waals surface area contributed by atoms with Crippen molar-refractivity contribution < 1.29 is 4.42 Å². The maximum atomic E-state index is 6.16. The van der Waals surface area contributed by atoms with Crippen LogP contribution in [-0.2, 0) is 6.42 Å². The van der Waals surface area contributed by atoms with Crippen LogP contribution in [0.25, 0.3) is 28.2 Å². The quantitative estimate of drug-likeness (QED) is 0.540. The van der Waals surface area contributed by atoms with Crippen LogP contribution in [0.15, 0.2) is 59.3 Å². The number of halogens is 1. The summed E-state index contributed by atoms with van der Waals surface area (Å²) in [7, 11) is 0. The van der Waals surface area contributed by atoms with Gasteiger partial charge < -0.3 is 4.42 Å². The summed E-state index contributed by atoms with van der Waals surface area (Å²) in [5.41, 5.74) is 4.71. The highest BCUT2D eigenvalue weighted by Gasteiger charge is 2.18. The van der Waals surface area contributed by atoms with E-state index in [4.69, 9.17) is 21.1 Å². The molecule has 0 aliphatic carbocycles. The number of furan rings is 1. The molecule has 3 heterocycles. The number of nitrogens with zero attached hydrogens (tertiary/aromatic N) is 3. The van der Waals surface area contributed by atoms with E-state index in [9.17, 15) is 0 Å². The first-order valence-corrected chi connectivity index (χ1v) is 7.82. The van der Waals surface area contributed by atoms with Crippen molar-refractivity contribution in [2.75, 3.05) is 0 Å². The summed E-state index contributed by atoms with van der Waals surface area (Å²) in [4.78, 5) is 4.54. The third-order valence-corrected chi connectivity index (χ3v) is 4.05. The Bertz CT molecular complexity index is 973. The zero-order valence-corrected chi connectivity index (χ0v) is 13.3. The predicted octanol–water partition coefficient (Wildman–Crippen LogP) is 4.87. The van der Waals surface area contributed by atoms with Crippen molar-refractivity contribution in [1.29, 1.82) is 0 Å². The van der Waals surface area contributed by atoms with Crippen LogP contribution >= 0.6 is 11.6 Å². The fourth-order valence-electron chi connectivity index (χ4n) is 2.79. The molecule has 114 valence electrons. The topological polar surface area (TPSA) is 43.3 Å². The SMILES string of the molecule is CCc1nn2c(-c3ccco3)ccnc2c1-c1cccc(Cl)c1. The molecule has 0 bridgehead atoms. The van der Waals surface area contributed by atoms with Gasteiger partial charge in [0, 0.05) is 16.8 Å². The van der Waals surface area contributed by atoms with Crippen LogP contribution in [0.3, 0.4) is 0 Å². The molecular weight excluding hydrogens is 310 g/mol. The average molecular weight is 324 g/mol. The second kappa shape index (κ2) is 5.56. The molecule has 0 saturated carbocycles. The number of hydrogen-bond donors (Lipinski definition) is 0. The molecule has 0 amide bonds. The lowest BCUT2D eigenvalue weighted by molar-refractivity contribution is 0.577. The smallest absolute Gasteiger partial charge is 0.163 e. The van der Waals surface area contributed by atoms with Crippen molar-refractivity contribution in [3.63, 3.8) is 0 Å². The molecule has 0 spiro atoms. The van der Waals surface area contributed by atoms with Gasteiger partial charge in [0.15, 0.2) is 11.4 Å². The van der Waals surface area contributed by atoms with E-state index in [1.807, 2.05) is 47.0 Å². The summed E-state index contributed by atoms with van der Waals surface area (Å²) in [6.45, 7) is 2.09. The molecule has 3 aromatic heterocycles. The summed E-state index contributed by atoms with van der Waals surface area (Å²) < 4.78 is 7.37. The Morgan fingerprint density at radius 2 is 2.09 bits per heavy atom. The van der Waals surface area contributed by atoms with Crippen LogP contribution in [0.4, 0.5) is 0 Å². The third kappa shape index (κ3) is 2.32. The van der Waals surface area contributed by atoms with Crippen LogP contribution < -0.4 is 0 Å². The van der Waals surface area contributed by atoms with E-state index in [1.54, 1.807) is 12.5 Å². The van der Waals surface area contributed by atoms with E-state index < -0.39 is 0 Å². The Kier molecular flexibility index (Phi) is 3.39. The molecular formula is C18H14ClN3O. The van der Waals surface area contributed by atoms with Gasteiger partial charge in [-0.25, -0.2) is 9.50 Å². The lowest BCUT2D eigenvalue weighted by Crippen LogP contribution is -1.95. The van der Waals surface area contributed by atoms with Crippen LogP contribution in [0.1, 0.15) is 12.6 Å². The molecule has 0 atom stereocenters. The Balaban J connectivity index is 2.03. The van der Waals surface area contributed by atoms with Gasteiger partial charge in [0.2, 0.25) is 0 Å². The van der Waals surface area contributed by atoms with Gasteiger partial charge in [0.1, 0.15) is 5.69 Å². The Morgan fingerprint density at radius 3 is 2.83 bits per heavy atom. The molecule has 0 fully saturated rings. The molecule has 23 heavy (non-hydrogen) atoms. The molecule has 0 aliphatic heterocycles. The lowest BCUT2D eigenvalue weighted by atomic mass is 10.0. The van der Waals surface area contributed by atoms with Crippen LogP contribution in [0, 0.1) is 0 Å². The van der Waals surface area contributed by atoms with Gasteiger partial charge in [-0.05, 0) is 42.3 Å². The first kappa shape index (κ1) is 14.0. The van der Waals surface area contributed by atoms with Crippen LogP contribution in [0.5, 0.6) is 0 Å². The number of rotatable bonds is 3. The van der Waals surface area contributed by atoms with Crippen molar-refractivity contribution >= 4 is 17.2 Å². The average Bonchev–Trinajstić information content (AvgIpc) is 3.21. The highest BCUT2D eigenvalue weighted by atomic mass is 35.5. The zero-order chi connectivity index (χ0) is 15.8. The van der Waals surface area contributed by atoms with E-state index in [0.717, 1.165) is 40.3 Å². The molecule has 0 unspecified atom stereocenters. The van der Waals surface area contributed by atoms with Gasteiger partial charge in [-0.1, -0.05) is 30.7 Å². The Hall–Kier alpha value is -2.59. The molecule has 4 aromatic rings. The zero-order valence-electron chi connectivity index (χ0n) is 12.5. The molecule has 1 aromatic carbocycles. The largest absolute Gasteiger partial charge is 0.463 e. The fourth-order valence-corrected chi connectivity index (χ4v) is 2.98. The lowest BCUT2D eigenvalue weighted by Gasteiger charge is -2.03. The molecule has 5 heteroatoms. The van der Waals surface area contributed by atoms with Gasteiger partial charge in [0.05, 0.1) is 12.0 Å². The number of benzene rings is 1. The van der Waals surface area contributed by atoms with Crippen molar-refractivity contribution in [1.82, 2.24) is 14.6 Å². The van der Waals surface area contributed by atoms with Crippen molar-refractivity contribution in [2.24, 2.45) is 0 Å². The second-order valence-corrected chi connectivity index (χ2v) is 5.66. The van der Waals surface area contributed by atoms with Crippen molar-refractivity contribution in [2.45, 2.75) is 13.3 Å². The molecule has 0 aliphatic rings. The minimum Gasteiger partial charge on any atom is -0.463 e. The van der Waals surface area contributed by atoms with E-state index in [1.165, 1.54) is 0 Å². The highest BCUT2D eigenvalue weighted by Crippen LogP contribution is 2.32. The number of fused-ring (bicyclic) bond motifs is 1. The number of hydrogen-bond acceptors (Lipinski definition) is 3. The number of aryl methyl sites for hydroxylation is 1. The molecule has 0 N–H and O–H groups in total. The molecule has 4 nitrogen and oxygen atoms in total. The fraction of sp³-hybridized carbons (Fsp3) is 0.111. The van der Waals surface area contributed by atoms with E-state index in [-0.39, 0.29) is 0 Å². The summed E-state index contributed by atoms with van der Waals surface area (Å²) in [6, 6.07) is 13.5. The summed E-state index contributed by atoms with van der Waals surface area (Å²) in [5, 5.41) is 5.44. The molecule has 4 rings (SSSR count). The maximum Gasteiger partial charge on any atom is 0.163 e. The van der Waals surface area contributed by atoms with Gasteiger partial charge in [-0.2, -0.15) is 5.10 Å². The summed E-state index contributed by atoms with van der Waals surface area (Å²) >= 11 is 6.16. The van der Waals surface area contributed by atoms with E-state index in [2.05, 4.69) is 11.9 Å². The first-order chi connectivity index (χ1) is 11.3. The van der Waals surface area contributed by atoms with E-state index >= 15 is 0 Å². The van der Waals surface area contributed by atoms with Gasteiger partial charge >= 0.3 is 0 Å². The maximum absolute atomic E-state index is 6.16. The first-order valence-electron chi connectivity index (χ1n) is 7.44. The minimum absolute atomic E-state index is 0.700. The minimum atomic E-state index is 0.700. The van der Waals surface area contributed by atoms with E-state index in [0.29, 0.717) is 5.02 Å². The van der Waals surface area contributed by atoms with Crippen molar-refractivity contribution in [3.05, 3.63) is 65.6 Å². The second-order valence-electron chi connectivity index (χ2n) is 5.23. The summed E-state index contributed by atoms with van der Waals surface area (Å²) in [5.74, 6) is 0.764. The molecule has 0 radical (unpaired) electrons. The predicted molar refractivity (Wildman–Crippen MR) is 90.5 cm³/mol. The Labute approximate surface area is 138 Å². The molecule has 0 saturated heterocycles.